The number of pyridine rings is 1. The van der Waals surface area contributed by atoms with Gasteiger partial charge in [0.25, 0.3) is 5.91 Å². The number of nitrogens with zero attached hydrogens (tertiary/aromatic N) is 1. The molecule has 1 aromatic rings. The summed E-state index contributed by atoms with van der Waals surface area (Å²) in [6.07, 6.45) is 4.35. The number of hydrogen-bond donors (Lipinski definition) is 1. The zero-order chi connectivity index (χ0) is 12.5. The third-order valence-corrected chi connectivity index (χ3v) is 3.33. The van der Waals surface area contributed by atoms with Crippen molar-refractivity contribution in [2.24, 2.45) is 5.41 Å². The SMILES string of the molecule is CC1(CNC(=O)c2ccnc(F)c2F)CCC1. The van der Waals surface area contributed by atoms with Gasteiger partial charge in [-0.15, -0.1) is 0 Å². The molecule has 1 fully saturated rings. The highest BCUT2D eigenvalue weighted by Crippen LogP contribution is 2.39. The van der Waals surface area contributed by atoms with Crippen molar-refractivity contribution in [2.45, 2.75) is 26.2 Å². The molecule has 0 spiro atoms. The van der Waals surface area contributed by atoms with Crippen LogP contribution in [0, 0.1) is 17.2 Å². The van der Waals surface area contributed by atoms with Crippen LogP contribution in [0.1, 0.15) is 36.5 Å². The van der Waals surface area contributed by atoms with Crippen LogP contribution in [0.3, 0.4) is 0 Å². The van der Waals surface area contributed by atoms with Gasteiger partial charge in [0, 0.05) is 12.7 Å². The van der Waals surface area contributed by atoms with Gasteiger partial charge in [0.05, 0.1) is 5.56 Å². The van der Waals surface area contributed by atoms with E-state index < -0.39 is 17.7 Å². The summed E-state index contributed by atoms with van der Waals surface area (Å²) < 4.78 is 26.1. The van der Waals surface area contributed by atoms with E-state index in [-0.39, 0.29) is 11.0 Å². The second-order valence-electron chi connectivity index (χ2n) is 4.81. The topological polar surface area (TPSA) is 42.0 Å². The maximum atomic E-state index is 13.3. The Hall–Kier alpha value is -1.52. The van der Waals surface area contributed by atoms with Gasteiger partial charge in [-0.3, -0.25) is 4.79 Å². The Bertz CT molecular complexity index is 444. The molecule has 1 heterocycles. The standard InChI is InChI=1S/C12H14F2N2O/c1-12(4-2-5-12)7-16-11(17)8-3-6-15-10(14)9(8)13/h3,6H,2,4-5,7H2,1H3,(H,16,17). The molecule has 0 saturated heterocycles. The average Bonchev–Trinajstić information content (AvgIpc) is 2.27. The summed E-state index contributed by atoms with van der Waals surface area (Å²) >= 11 is 0. The van der Waals surface area contributed by atoms with Crippen LogP contribution in [0.5, 0.6) is 0 Å². The fourth-order valence-electron chi connectivity index (χ4n) is 1.94. The monoisotopic (exact) mass is 240 g/mol. The van der Waals surface area contributed by atoms with Crippen molar-refractivity contribution in [3.63, 3.8) is 0 Å². The van der Waals surface area contributed by atoms with Crippen LogP contribution in [-0.2, 0) is 0 Å². The van der Waals surface area contributed by atoms with Crippen LogP contribution in [0.2, 0.25) is 0 Å². The summed E-state index contributed by atoms with van der Waals surface area (Å²) in [7, 11) is 0. The number of carbonyl (C=O) groups is 1. The fraction of sp³-hybridized carbons (Fsp3) is 0.500. The molecule has 1 amide bonds. The van der Waals surface area contributed by atoms with Gasteiger partial charge in [0.2, 0.25) is 5.95 Å². The zero-order valence-electron chi connectivity index (χ0n) is 9.59. The molecule has 1 saturated carbocycles. The number of halogens is 2. The molecule has 1 N–H and O–H groups in total. The highest BCUT2D eigenvalue weighted by molar-refractivity contribution is 5.94. The molecule has 92 valence electrons. The first-order valence-electron chi connectivity index (χ1n) is 5.60. The molecular weight excluding hydrogens is 226 g/mol. The van der Waals surface area contributed by atoms with E-state index >= 15 is 0 Å². The molecule has 17 heavy (non-hydrogen) atoms. The summed E-state index contributed by atoms with van der Waals surface area (Å²) in [4.78, 5) is 14.8. The van der Waals surface area contributed by atoms with E-state index in [9.17, 15) is 13.6 Å². The van der Waals surface area contributed by atoms with Crippen LogP contribution in [0.4, 0.5) is 8.78 Å². The Morgan fingerprint density at radius 1 is 1.53 bits per heavy atom. The Morgan fingerprint density at radius 3 is 2.82 bits per heavy atom. The molecule has 0 atom stereocenters. The van der Waals surface area contributed by atoms with Crippen LogP contribution in [0.25, 0.3) is 0 Å². The van der Waals surface area contributed by atoms with E-state index in [0.717, 1.165) is 25.5 Å². The van der Waals surface area contributed by atoms with Crippen molar-refractivity contribution in [1.82, 2.24) is 10.3 Å². The summed E-state index contributed by atoms with van der Waals surface area (Å²) in [5, 5.41) is 2.64. The smallest absolute Gasteiger partial charge is 0.254 e. The van der Waals surface area contributed by atoms with E-state index in [1.54, 1.807) is 0 Å². The minimum absolute atomic E-state index is 0.109. The molecule has 0 radical (unpaired) electrons. The lowest BCUT2D eigenvalue weighted by molar-refractivity contribution is 0.0885. The maximum absolute atomic E-state index is 13.3. The average molecular weight is 240 g/mol. The second kappa shape index (κ2) is 4.39. The first kappa shape index (κ1) is 12.0. The molecule has 0 unspecified atom stereocenters. The predicted octanol–water partition coefficient (Wildman–Crippen LogP) is 2.28. The van der Waals surface area contributed by atoms with Crippen LogP contribution >= 0.6 is 0 Å². The largest absolute Gasteiger partial charge is 0.351 e. The molecule has 1 aromatic heterocycles. The molecule has 0 aliphatic heterocycles. The first-order chi connectivity index (χ1) is 8.02. The molecule has 0 aromatic carbocycles. The molecular formula is C12H14F2N2O. The Balaban J connectivity index is 2.02. The number of carbonyl (C=O) groups excluding carboxylic acids is 1. The summed E-state index contributed by atoms with van der Waals surface area (Å²) in [6, 6.07) is 1.18. The normalized spacial score (nSPS) is 17.4. The quantitative estimate of drug-likeness (QED) is 0.823. The van der Waals surface area contributed by atoms with E-state index in [1.165, 1.54) is 6.07 Å². The number of aromatic nitrogens is 1. The van der Waals surface area contributed by atoms with Crippen LogP contribution < -0.4 is 5.32 Å². The Morgan fingerprint density at radius 2 is 2.24 bits per heavy atom. The molecule has 2 rings (SSSR count). The van der Waals surface area contributed by atoms with Gasteiger partial charge in [-0.2, -0.15) is 4.39 Å². The van der Waals surface area contributed by atoms with E-state index in [0.29, 0.717) is 6.54 Å². The van der Waals surface area contributed by atoms with E-state index in [4.69, 9.17) is 0 Å². The van der Waals surface area contributed by atoms with Gasteiger partial charge in [-0.05, 0) is 24.3 Å². The summed E-state index contributed by atoms with van der Waals surface area (Å²) in [6.45, 7) is 2.56. The number of amides is 1. The van der Waals surface area contributed by atoms with Gasteiger partial charge >= 0.3 is 0 Å². The van der Waals surface area contributed by atoms with Gasteiger partial charge in [0.1, 0.15) is 0 Å². The summed E-state index contributed by atoms with van der Waals surface area (Å²) in [5.41, 5.74) is -0.182. The van der Waals surface area contributed by atoms with Crippen molar-refractivity contribution in [3.8, 4) is 0 Å². The number of rotatable bonds is 3. The third-order valence-electron chi connectivity index (χ3n) is 3.33. The minimum atomic E-state index is -1.24. The highest BCUT2D eigenvalue weighted by atomic mass is 19.2. The van der Waals surface area contributed by atoms with Crippen LogP contribution in [-0.4, -0.2) is 17.4 Å². The predicted molar refractivity (Wildman–Crippen MR) is 58.4 cm³/mol. The van der Waals surface area contributed by atoms with Crippen molar-refractivity contribution in [2.75, 3.05) is 6.54 Å². The Labute approximate surface area is 98.2 Å². The second-order valence-corrected chi connectivity index (χ2v) is 4.81. The summed E-state index contributed by atoms with van der Waals surface area (Å²) in [5.74, 6) is -3.02. The highest BCUT2D eigenvalue weighted by Gasteiger charge is 2.32. The molecule has 3 nitrogen and oxygen atoms in total. The lowest BCUT2D eigenvalue weighted by Crippen LogP contribution is -2.40. The lowest BCUT2D eigenvalue weighted by atomic mass is 9.70. The number of hydrogen-bond acceptors (Lipinski definition) is 2. The maximum Gasteiger partial charge on any atom is 0.254 e. The van der Waals surface area contributed by atoms with Gasteiger partial charge in [-0.1, -0.05) is 13.3 Å². The van der Waals surface area contributed by atoms with Gasteiger partial charge < -0.3 is 5.32 Å². The first-order valence-corrected chi connectivity index (χ1v) is 5.60. The van der Waals surface area contributed by atoms with Gasteiger partial charge in [-0.25, -0.2) is 9.37 Å². The lowest BCUT2D eigenvalue weighted by Gasteiger charge is -2.38. The Kier molecular flexibility index (Phi) is 3.09. The van der Waals surface area contributed by atoms with Crippen molar-refractivity contribution in [3.05, 3.63) is 29.6 Å². The minimum Gasteiger partial charge on any atom is -0.351 e. The van der Waals surface area contributed by atoms with E-state index in [2.05, 4.69) is 17.2 Å². The fourth-order valence-corrected chi connectivity index (χ4v) is 1.94. The van der Waals surface area contributed by atoms with E-state index in [1.807, 2.05) is 0 Å². The molecule has 1 aliphatic rings. The molecule has 5 heteroatoms. The van der Waals surface area contributed by atoms with Crippen molar-refractivity contribution < 1.29 is 13.6 Å². The van der Waals surface area contributed by atoms with Crippen molar-refractivity contribution >= 4 is 5.91 Å². The van der Waals surface area contributed by atoms with Crippen LogP contribution in [0.15, 0.2) is 12.3 Å². The number of nitrogens with one attached hydrogen (secondary N) is 1. The van der Waals surface area contributed by atoms with Gasteiger partial charge in [0.15, 0.2) is 5.82 Å². The zero-order valence-corrected chi connectivity index (χ0v) is 9.59. The van der Waals surface area contributed by atoms with Crippen molar-refractivity contribution in [1.29, 1.82) is 0 Å². The molecule has 0 bridgehead atoms. The molecule has 1 aliphatic carbocycles. The third kappa shape index (κ3) is 2.43.